The predicted molar refractivity (Wildman–Crippen MR) is 63.1 cm³/mol. The van der Waals surface area contributed by atoms with Crippen molar-refractivity contribution in [2.45, 2.75) is 31.4 Å². The second-order valence-electron chi connectivity index (χ2n) is 4.66. The lowest BCUT2D eigenvalue weighted by molar-refractivity contribution is 0.0898. The molecule has 0 spiro atoms. The monoisotopic (exact) mass is 235 g/mol. The Morgan fingerprint density at radius 3 is 3.00 bits per heavy atom. The van der Waals surface area contributed by atoms with Gasteiger partial charge in [-0.05, 0) is 25.2 Å². The molecule has 0 amide bonds. The number of aromatic nitrogens is 2. The molecule has 1 aliphatic heterocycles. The van der Waals surface area contributed by atoms with Crippen LogP contribution in [-0.4, -0.2) is 35.8 Å². The van der Waals surface area contributed by atoms with Crippen molar-refractivity contribution in [3.05, 3.63) is 12.4 Å². The average molecular weight is 235 g/mol. The molecular formula is C12H17N3O2. The number of nitrogens with zero attached hydrogens (tertiary/aromatic N) is 2. The van der Waals surface area contributed by atoms with E-state index in [0.29, 0.717) is 18.0 Å². The highest BCUT2D eigenvalue weighted by atomic mass is 16.5. The molecule has 2 aliphatic rings. The second kappa shape index (κ2) is 4.49. The van der Waals surface area contributed by atoms with Crippen LogP contribution in [-0.2, 0) is 4.74 Å². The van der Waals surface area contributed by atoms with E-state index in [1.54, 1.807) is 7.11 Å². The summed E-state index contributed by atoms with van der Waals surface area (Å²) in [5.74, 6) is 2.15. The molecule has 1 N–H and O–H groups in total. The molecule has 1 aromatic rings. The molecule has 1 saturated carbocycles. The third-order valence-electron chi connectivity index (χ3n) is 3.41. The zero-order valence-electron chi connectivity index (χ0n) is 9.93. The van der Waals surface area contributed by atoms with Gasteiger partial charge in [-0.1, -0.05) is 0 Å². The highest BCUT2D eigenvalue weighted by Crippen LogP contribution is 2.39. The predicted octanol–water partition coefficient (Wildman–Crippen LogP) is 1.46. The van der Waals surface area contributed by atoms with Crippen molar-refractivity contribution in [3.8, 4) is 5.88 Å². The van der Waals surface area contributed by atoms with Gasteiger partial charge >= 0.3 is 0 Å². The lowest BCUT2D eigenvalue weighted by Gasteiger charge is -2.19. The zero-order valence-corrected chi connectivity index (χ0v) is 9.93. The Kier molecular flexibility index (Phi) is 2.84. The van der Waals surface area contributed by atoms with Crippen molar-refractivity contribution in [3.63, 3.8) is 0 Å². The maximum Gasteiger partial charge on any atom is 0.218 e. The molecule has 3 rings (SSSR count). The summed E-state index contributed by atoms with van der Waals surface area (Å²) in [5, 5.41) is 3.43. The van der Waals surface area contributed by atoms with Gasteiger partial charge in [-0.2, -0.15) is 0 Å². The van der Waals surface area contributed by atoms with Gasteiger partial charge in [0.2, 0.25) is 5.88 Å². The maximum atomic E-state index is 5.78. The van der Waals surface area contributed by atoms with E-state index in [4.69, 9.17) is 9.47 Å². The van der Waals surface area contributed by atoms with E-state index in [1.165, 1.54) is 19.2 Å². The largest absolute Gasteiger partial charge is 0.481 e. The van der Waals surface area contributed by atoms with Gasteiger partial charge in [0.1, 0.15) is 12.1 Å². The Morgan fingerprint density at radius 2 is 2.24 bits per heavy atom. The molecule has 2 heterocycles. The Bertz CT molecular complexity index is 395. The van der Waals surface area contributed by atoms with E-state index in [9.17, 15) is 0 Å². The number of nitrogens with one attached hydrogen (secondary N) is 1. The van der Waals surface area contributed by atoms with Gasteiger partial charge in [0, 0.05) is 12.7 Å². The van der Waals surface area contributed by atoms with Crippen molar-refractivity contribution in [1.82, 2.24) is 9.97 Å². The van der Waals surface area contributed by atoms with Gasteiger partial charge in [0.25, 0.3) is 0 Å². The van der Waals surface area contributed by atoms with E-state index in [2.05, 4.69) is 15.3 Å². The normalized spacial score (nSPS) is 28.1. The number of ether oxygens (including phenoxy) is 2. The van der Waals surface area contributed by atoms with Crippen molar-refractivity contribution >= 4 is 5.82 Å². The molecule has 92 valence electrons. The maximum absolute atomic E-state index is 5.78. The van der Waals surface area contributed by atoms with Crippen LogP contribution >= 0.6 is 0 Å². The topological polar surface area (TPSA) is 56.3 Å². The molecule has 2 unspecified atom stereocenters. The van der Waals surface area contributed by atoms with Crippen LogP contribution < -0.4 is 10.1 Å². The van der Waals surface area contributed by atoms with Gasteiger partial charge in [0.15, 0.2) is 0 Å². The van der Waals surface area contributed by atoms with Gasteiger partial charge in [-0.25, -0.2) is 9.97 Å². The Hall–Kier alpha value is -1.36. The lowest BCUT2D eigenvalue weighted by Crippen LogP contribution is -2.31. The van der Waals surface area contributed by atoms with E-state index in [-0.39, 0.29) is 0 Å². The first-order valence-electron chi connectivity index (χ1n) is 6.11. The Morgan fingerprint density at radius 1 is 1.35 bits per heavy atom. The van der Waals surface area contributed by atoms with Crippen LogP contribution in [0.2, 0.25) is 0 Å². The fraction of sp³-hybridized carbons (Fsp3) is 0.667. The van der Waals surface area contributed by atoms with Crippen LogP contribution in [0, 0.1) is 5.92 Å². The number of rotatable bonds is 4. The van der Waals surface area contributed by atoms with E-state index < -0.39 is 0 Å². The minimum Gasteiger partial charge on any atom is -0.481 e. The van der Waals surface area contributed by atoms with E-state index in [1.807, 2.05) is 6.07 Å². The summed E-state index contributed by atoms with van der Waals surface area (Å²) in [5.41, 5.74) is 0. The number of methoxy groups -OCH3 is 1. The summed E-state index contributed by atoms with van der Waals surface area (Å²) in [4.78, 5) is 8.20. The minimum atomic E-state index is 0.357. The molecule has 0 aromatic carbocycles. The molecule has 0 radical (unpaired) electrons. The molecule has 1 aliphatic carbocycles. The van der Waals surface area contributed by atoms with Crippen LogP contribution in [0.15, 0.2) is 12.4 Å². The lowest BCUT2D eigenvalue weighted by atomic mass is 10.1. The summed E-state index contributed by atoms with van der Waals surface area (Å²) in [7, 11) is 1.61. The molecule has 2 atom stereocenters. The van der Waals surface area contributed by atoms with Crippen LogP contribution in [0.3, 0.4) is 0 Å². The Balaban J connectivity index is 1.68. The summed E-state index contributed by atoms with van der Waals surface area (Å²) in [6.45, 7) is 0.848. The van der Waals surface area contributed by atoms with Gasteiger partial charge < -0.3 is 14.8 Å². The summed E-state index contributed by atoms with van der Waals surface area (Å²) in [6.07, 6.45) is 5.53. The van der Waals surface area contributed by atoms with Crippen LogP contribution in [0.1, 0.15) is 19.3 Å². The summed E-state index contributed by atoms with van der Waals surface area (Å²) >= 11 is 0. The number of hydrogen-bond acceptors (Lipinski definition) is 5. The summed E-state index contributed by atoms with van der Waals surface area (Å²) < 4.78 is 10.9. The van der Waals surface area contributed by atoms with Crippen LogP contribution in [0.25, 0.3) is 0 Å². The molecule has 5 heteroatoms. The van der Waals surface area contributed by atoms with Crippen LogP contribution in [0.4, 0.5) is 5.82 Å². The fourth-order valence-electron chi connectivity index (χ4n) is 2.38. The van der Waals surface area contributed by atoms with E-state index >= 15 is 0 Å². The number of anilines is 1. The quantitative estimate of drug-likeness (QED) is 0.856. The smallest absolute Gasteiger partial charge is 0.218 e. The van der Waals surface area contributed by atoms with Gasteiger partial charge in [-0.15, -0.1) is 0 Å². The standard InChI is InChI=1S/C12H17N3O2/c1-16-11-6-10(13-7-14-11)15-9-4-5-17-12(9)8-2-3-8/h6-9,12H,2-5H2,1H3,(H,13,14,15). The van der Waals surface area contributed by atoms with E-state index in [0.717, 1.165) is 24.8 Å². The molecule has 5 nitrogen and oxygen atoms in total. The fourth-order valence-corrected chi connectivity index (χ4v) is 2.38. The first kappa shape index (κ1) is 10.8. The summed E-state index contributed by atoms with van der Waals surface area (Å²) in [6, 6.07) is 2.20. The molecule has 0 bridgehead atoms. The second-order valence-corrected chi connectivity index (χ2v) is 4.66. The highest BCUT2D eigenvalue weighted by molar-refractivity contribution is 5.38. The average Bonchev–Trinajstić information content (AvgIpc) is 3.11. The van der Waals surface area contributed by atoms with Crippen LogP contribution in [0.5, 0.6) is 5.88 Å². The van der Waals surface area contributed by atoms with Crippen molar-refractivity contribution in [2.75, 3.05) is 19.0 Å². The van der Waals surface area contributed by atoms with Gasteiger partial charge in [-0.3, -0.25) is 0 Å². The molecule has 2 fully saturated rings. The first-order chi connectivity index (χ1) is 8.36. The zero-order chi connectivity index (χ0) is 11.7. The molecule has 17 heavy (non-hydrogen) atoms. The SMILES string of the molecule is COc1cc(NC2CCOC2C2CC2)ncn1. The minimum absolute atomic E-state index is 0.357. The van der Waals surface area contributed by atoms with Crippen molar-refractivity contribution in [2.24, 2.45) is 5.92 Å². The molecule has 1 saturated heterocycles. The van der Waals surface area contributed by atoms with Gasteiger partial charge in [0.05, 0.1) is 19.3 Å². The first-order valence-corrected chi connectivity index (χ1v) is 6.11. The number of hydrogen-bond donors (Lipinski definition) is 1. The highest BCUT2D eigenvalue weighted by Gasteiger charge is 2.40. The Labute approximate surface area is 101 Å². The third kappa shape index (κ3) is 2.34. The molecule has 1 aromatic heterocycles. The van der Waals surface area contributed by atoms with Crippen molar-refractivity contribution < 1.29 is 9.47 Å². The third-order valence-corrected chi connectivity index (χ3v) is 3.41. The molecular weight excluding hydrogens is 218 g/mol. The van der Waals surface area contributed by atoms with Crippen molar-refractivity contribution in [1.29, 1.82) is 0 Å².